The number of carbonyl (C=O) groups excluding carboxylic acids is 1. The minimum absolute atomic E-state index is 0.0568. The van der Waals surface area contributed by atoms with Gasteiger partial charge in [0.05, 0.1) is 28.6 Å². The molecule has 51 heavy (non-hydrogen) atoms. The van der Waals surface area contributed by atoms with Crippen LogP contribution in [0.4, 0.5) is 37.8 Å². The van der Waals surface area contributed by atoms with Crippen LogP contribution < -0.4 is 10.2 Å². The highest BCUT2D eigenvalue weighted by Gasteiger charge is 2.39. The van der Waals surface area contributed by atoms with Crippen molar-refractivity contribution in [1.29, 1.82) is 0 Å². The molecule has 1 fully saturated rings. The number of aromatic nitrogens is 5. The number of hydrogen-bond acceptors (Lipinski definition) is 9. The van der Waals surface area contributed by atoms with E-state index in [4.69, 9.17) is 36.4 Å². The van der Waals surface area contributed by atoms with Crippen molar-refractivity contribution in [1.82, 2.24) is 29.8 Å². The second-order valence-corrected chi connectivity index (χ2v) is 11.0. The lowest BCUT2D eigenvalue weighted by Gasteiger charge is -2.38. The highest BCUT2D eigenvalue weighted by molar-refractivity contribution is 6.36. The van der Waals surface area contributed by atoms with Crippen LogP contribution in [0.3, 0.4) is 0 Å². The van der Waals surface area contributed by atoms with E-state index >= 15 is 0 Å². The number of aromatic amines is 1. The van der Waals surface area contributed by atoms with Gasteiger partial charge in [0.15, 0.2) is 11.5 Å². The molecule has 4 heterocycles. The fraction of sp³-hybridized carbons (Fsp3) is 0.258. The molecule has 1 saturated heterocycles. The van der Waals surface area contributed by atoms with Gasteiger partial charge in [0.25, 0.3) is 5.91 Å². The van der Waals surface area contributed by atoms with Gasteiger partial charge in [-0.3, -0.25) is 9.78 Å². The molecule has 5 aromatic rings. The smallest absolute Gasteiger partial charge is 0.475 e. The summed E-state index contributed by atoms with van der Waals surface area (Å²) in [5.74, 6) is -4.82. The van der Waals surface area contributed by atoms with Crippen LogP contribution in [0.5, 0.6) is 0 Å². The van der Waals surface area contributed by atoms with Crippen LogP contribution in [0.25, 0.3) is 22.1 Å². The van der Waals surface area contributed by atoms with Crippen molar-refractivity contribution >= 4 is 63.0 Å². The minimum atomic E-state index is -5.08. The summed E-state index contributed by atoms with van der Waals surface area (Å²) in [5.41, 5.74) is 4.91. The Morgan fingerprint density at radius 3 is 2.06 bits per heavy atom. The lowest BCUT2D eigenvalue weighted by atomic mass is 10.0. The van der Waals surface area contributed by atoms with Crippen molar-refractivity contribution < 1.29 is 50.9 Å². The van der Waals surface area contributed by atoms with Crippen molar-refractivity contribution in [2.45, 2.75) is 25.3 Å². The monoisotopic (exact) mass is 740 g/mol. The van der Waals surface area contributed by atoms with Gasteiger partial charge in [-0.15, -0.1) is 0 Å². The molecule has 20 heteroatoms. The summed E-state index contributed by atoms with van der Waals surface area (Å²) in [5, 5.41) is 19.3. The number of nitrogens with one attached hydrogen (secondary N) is 2. The van der Waals surface area contributed by atoms with E-state index in [1.54, 1.807) is 12.5 Å². The summed E-state index contributed by atoms with van der Waals surface area (Å²) in [6.45, 7) is 4.67. The van der Waals surface area contributed by atoms with Crippen molar-refractivity contribution in [3.63, 3.8) is 0 Å². The molecule has 1 atom stereocenters. The SMILES string of the molecule is CC(Nc1ncnc2[nH]cnc12)c1cc(Cl)c2cccnc2c1N1CCN(C(=O)c2ccccc2)CC1.O=C(O)C(F)(F)F.O=C(O)C(F)(F)F. The summed E-state index contributed by atoms with van der Waals surface area (Å²) in [4.78, 5) is 55.8. The lowest BCUT2D eigenvalue weighted by Crippen LogP contribution is -2.49. The molecule has 4 N–H and O–H groups in total. The molecular weight excluding hydrogens is 714 g/mol. The number of H-pyrrole nitrogens is 1. The van der Waals surface area contributed by atoms with E-state index in [0.29, 0.717) is 53.7 Å². The maximum atomic E-state index is 13.0. The second kappa shape index (κ2) is 15.9. The molecule has 1 aliphatic heterocycles. The van der Waals surface area contributed by atoms with E-state index in [-0.39, 0.29) is 11.9 Å². The molecule has 2 aromatic carbocycles. The molecule has 1 amide bonds. The Morgan fingerprint density at radius 2 is 1.47 bits per heavy atom. The van der Waals surface area contributed by atoms with Gasteiger partial charge in [-0.1, -0.05) is 29.8 Å². The maximum Gasteiger partial charge on any atom is 0.490 e. The molecular formula is C31H27ClF6N8O5. The van der Waals surface area contributed by atoms with Crippen molar-refractivity contribution in [2.24, 2.45) is 0 Å². The molecule has 0 aliphatic carbocycles. The van der Waals surface area contributed by atoms with Gasteiger partial charge in [0, 0.05) is 48.9 Å². The Bertz CT molecular complexity index is 1980. The Morgan fingerprint density at radius 1 is 0.863 bits per heavy atom. The van der Waals surface area contributed by atoms with Crippen LogP contribution in [-0.4, -0.2) is 96.4 Å². The first-order valence-corrected chi connectivity index (χ1v) is 15.0. The number of piperazine rings is 1. The van der Waals surface area contributed by atoms with Gasteiger partial charge in [0.2, 0.25) is 0 Å². The zero-order valence-corrected chi connectivity index (χ0v) is 27.0. The molecule has 1 unspecified atom stereocenters. The number of imidazole rings is 1. The second-order valence-electron chi connectivity index (χ2n) is 10.6. The van der Waals surface area contributed by atoms with Gasteiger partial charge < -0.3 is 30.3 Å². The molecule has 13 nitrogen and oxygen atoms in total. The highest BCUT2D eigenvalue weighted by Crippen LogP contribution is 2.39. The van der Waals surface area contributed by atoms with Crippen LogP contribution in [-0.2, 0) is 9.59 Å². The number of hydrogen-bond donors (Lipinski definition) is 4. The number of halogens is 7. The number of carboxylic acid groups (broad SMARTS) is 2. The predicted octanol–water partition coefficient (Wildman–Crippen LogP) is 5.96. The third-order valence-corrected chi connectivity index (χ3v) is 7.58. The number of alkyl halides is 6. The van der Waals surface area contributed by atoms with Crippen LogP contribution in [0.15, 0.2) is 67.4 Å². The quantitative estimate of drug-likeness (QED) is 0.157. The van der Waals surface area contributed by atoms with Crippen LogP contribution in [0.1, 0.15) is 28.9 Å². The van der Waals surface area contributed by atoms with E-state index in [9.17, 15) is 31.1 Å². The average molecular weight is 741 g/mol. The molecule has 1 aliphatic rings. The first kappa shape index (κ1) is 38.1. The Hall–Kier alpha value is -5.72. The molecule has 270 valence electrons. The minimum Gasteiger partial charge on any atom is -0.475 e. The van der Waals surface area contributed by atoms with E-state index in [1.165, 1.54) is 6.33 Å². The van der Waals surface area contributed by atoms with E-state index in [1.807, 2.05) is 53.4 Å². The number of benzene rings is 2. The average Bonchev–Trinajstić information content (AvgIpc) is 3.58. The van der Waals surface area contributed by atoms with Crippen molar-refractivity contribution in [3.05, 3.63) is 83.5 Å². The van der Waals surface area contributed by atoms with Gasteiger partial charge in [0.1, 0.15) is 11.8 Å². The molecule has 0 spiro atoms. The van der Waals surface area contributed by atoms with Crippen LogP contribution >= 0.6 is 11.6 Å². The number of carbonyl (C=O) groups is 3. The topological polar surface area (TPSA) is 178 Å². The number of fused-ring (bicyclic) bond motifs is 2. The largest absolute Gasteiger partial charge is 0.490 e. The van der Waals surface area contributed by atoms with E-state index in [0.717, 1.165) is 22.2 Å². The van der Waals surface area contributed by atoms with E-state index in [2.05, 4.69) is 37.1 Å². The third kappa shape index (κ3) is 9.50. The number of anilines is 2. The third-order valence-electron chi connectivity index (χ3n) is 7.27. The number of pyridine rings is 1. The number of nitrogens with zero attached hydrogens (tertiary/aromatic N) is 6. The number of carboxylic acids is 2. The van der Waals surface area contributed by atoms with Crippen LogP contribution in [0, 0.1) is 0 Å². The fourth-order valence-corrected chi connectivity index (χ4v) is 5.19. The molecule has 0 bridgehead atoms. The predicted molar refractivity (Wildman–Crippen MR) is 172 cm³/mol. The molecule has 6 rings (SSSR count). The van der Waals surface area contributed by atoms with E-state index < -0.39 is 24.3 Å². The Balaban J connectivity index is 0.000000353. The van der Waals surface area contributed by atoms with Gasteiger partial charge in [-0.2, -0.15) is 26.3 Å². The van der Waals surface area contributed by atoms with Gasteiger partial charge in [-0.25, -0.2) is 24.5 Å². The number of aliphatic carboxylic acids is 2. The lowest BCUT2D eigenvalue weighted by molar-refractivity contribution is -0.193. The standard InChI is InChI=1S/C27H25ClN8O.2C2HF3O2/c1-17(34-26-23-25(31-15-30-23)32-16-33-26)20-14-21(28)19-8-5-9-29-22(19)24(20)35-10-12-36(13-11-35)27(37)18-6-3-2-4-7-18;2*3-2(4,5)1(6)7/h2-9,14-17H,10-13H2,1H3,(H2,30,31,32,33,34);2*(H,6,7). The maximum absolute atomic E-state index is 13.0. The van der Waals surface area contributed by atoms with Crippen molar-refractivity contribution in [2.75, 3.05) is 36.4 Å². The Kier molecular flexibility index (Phi) is 11.9. The highest BCUT2D eigenvalue weighted by atomic mass is 35.5. The summed E-state index contributed by atoms with van der Waals surface area (Å²) in [6, 6.07) is 15.2. The number of amides is 1. The van der Waals surface area contributed by atoms with Crippen LogP contribution in [0.2, 0.25) is 5.02 Å². The summed E-state index contributed by atoms with van der Waals surface area (Å²) < 4.78 is 63.5. The molecule has 0 saturated carbocycles. The summed E-state index contributed by atoms with van der Waals surface area (Å²) >= 11 is 6.75. The van der Waals surface area contributed by atoms with Gasteiger partial charge in [-0.05, 0) is 37.3 Å². The summed E-state index contributed by atoms with van der Waals surface area (Å²) in [7, 11) is 0. The zero-order chi connectivity index (χ0) is 37.5. The normalized spacial score (nSPS) is 13.8. The Labute approximate surface area is 288 Å². The first-order valence-electron chi connectivity index (χ1n) is 14.7. The fourth-order valence-electron chi connectivity index (χ4n) is 4.92. The first-order chi connectivity index (χ1) is 24.0. The molecule has 0 radical (unpaired) electrons. The van der Waals surface area contributed by atoms with Gasteiger partial charge >= 0.3 is 24.3 Å². The number of rotatable bonds is 5. The zero-order valence-electron chi connectivity index (χ0n) is 26.2. The van der Waals surface area contributed by atoms with Crippen molar-refractivity contribution in [3.8, 4) is 0 Å². The molecule has 3 aromatic heterocycles. The summed E-state index contributed by atoms with van der Waals surface area (Å²) in [6.07, 6.45) is -5.26.